The standard InChI is InChI=1S/C11H12N2O3.ClH/c14-10(15)7-16-9-3-1-8(2-4-9)11-12-5-6-13-11;/h1-4H,5-7H2,(H,12,13)(H,14,15);1H. The van der Waals surface area contributed by atoms with Crippen LogP contribution in [0.3, 0.4) is 0 Å². The molecule has 5 nitrogen and oxygen atoms in total. The van der Waals surface area contributed by atoms with E-state index < -0.39 is 5.97 Å². The number of hydrogen-bond donors (Lipinski definition) is 2. The van der Waals surface area contributed by atoms with Crippen molar-refractivity contribution in [3.63, 3.8) is 0 Å². The molecule has 0 fully saturated rings. The highest BCUT2D eigenvalue weighted by Crippen LogP contribution is 2.13. The molecule has 1 heterocycles. The van der Waals surface area contributed by atoms with Gasteiger partial charge in [0.1, 0.15) is 11.6 Å². The van der Waals surface area contributed by atoms with E-state index in [4.69, 9.17) is 9.84 Å². The van der Waals surface area contributed by atoms with Crippen LogP contribution in [0.2, 0.25) is 0 Å². The second-order valence-corrected chi connectivity index (χ2v) is 3.36. The Balaban J connectivity index is 0.00000144. The van der Waals surface area contributed by atoms with E-state index >= 15 is 0 Å². The van der Waals surface area contributed by atoms with Gasteiger partial charge >= 0.3 is 5.97 Å². The normalized spacial score (nSPS) is 13.3. The summed E-state index contributed by atoms with van der Waals surface area (Å²) < 4.78 is 5.03. The molecule has 6 heteroatoms. The minimum absolute atomic E-state index is 0. The van der Waals surface area contributed by atoms with E-state index in [2.05, 4.69) is 10.3 Å². The Kier molecular flexibility index (Phi) is 4.78. The number of halogens is 1. The molecule has 92 valence electrons. The number of nitrogens with one attached hydrogen (secondary N) is 1. The quantitative estimate of drug-likeness (QED) is 0.841. The largest absolute Gasteiger partial charge is 0.482 e. The van der Waals surface area contributed by atoms with Crippen LogP contribution in [0.4, 0.5) is 0 Å². The summed E-state index contributed by atoms with van der Waals surface area (Å²) in [7, 11) is 0. The van der Waals surface area contributed by atoms with E-state index in [1.54, 1.807) is 12.1 Å². The van der Waals surface area contributed by atoms with E-state index in [0.29, 0.717) is 5.75 Å². The first-order valence-corrected chi connectivity index (χ1v) is 4.99. The zero-order chi connectivity index (χ0) is 11.4. The molecule has 0 amide bonds. The fourth-order valence-electron chi connectivity index (χ4n) is 1.45. The van der Waals surface area contributed by atoms with Crippen molar-refractivity contribution in [2.75, 3.05) is 19.7 Å². The minimum atomic E-state index is -0.981. The van der Waals surface area contributed by atoms with Crippen molar-refractivity contribution in [3.8, 4) is 5.75 Å². The molecule has 0 spiro atoms. The van der Waals surface area contributed by atoms with E-state index in [1.165, 1.54) is 0 Å². The number of benzene rings is 1. The van der Waals surface area contributed by atoms with E-state index in [-0.39, 0.29) is 19.0 Å². The van der Waals surface area contributed by atoms with Crippen LogP contribution >= 0.6 is 12.4 Å². The molecule has 0 aliphatic carbocycles. The fourth-order valence-corrected chi connectivity index (χ4v) is 1.45. The summed E-state index contributed by atoms with van der Waals surface area (Å²) >= 11 is 0. The van der Waals surface area contributed by atoms with Gasteiger partial charge in [-0.05, 0) is 24.3 Å². The number of nitrogens with zero attached hydrogens (tertiary/aromatic N) is 1. The van der Waals surface area contributed by atoms with E-state index in [0.717, 1.165) is 24.5 Å². The lowest BCUT2D eigenvalue weighted by atomic mass is 10.2. The van der Waals surface area contributed by atoms with Crippen LogP contribution in [0.1, 0.15) is 5.56 Å². The van der Waals surface area contributed by atoms with Crippen molar-refractivity contribution in [1.29, 1.82) is 0 Å². The topological polar surface area (TPSA) is 70.9 Å². The molecule has 1 aromatic rings. The number of carboxylic acids is 1. The van der Waals surface area contributed by atoms with Crippen molar-refractivity contribution >= 4 is 24.2 Å². The van der Waals surface area contributed by atoms with Gasteiger partial charge in [-0.25, -0.2) is 4.79 Å². The van der Waals surface area contributed by atoms with Gasteiger partial charge in [-0.3, -0.25) is 4.99 Å². The smallest absolute Gasteiger partial charge is 0.341 e. The molecule has 1 aromatic carbocycles. The number of rotatable bonds is 4. The molecule has 0 saturated carbocycles. The van der Waals surface area contributed by atoms with Crippen LogP contribution in [-0.2, 0) is 4.79 Å². The summed E-state index contributed by atoms with van der Waals surface area (Å²) in [6, 6.07) is 7.18. The molecule has 0 aromatic heterocycles. The summed E-state index contributed by atoms with van der Waals surface area (Å²) in [5.41, 5.74) is 0.986. The average Bonchev–Trinajstić information content (AvgIpc) is 2.80. The monoisotopic (exact) mass is 256 g/mol. The summed E-state index contributed by atoms with van der Waals surface area (Å²) in [4.78, 5) is 14.6. The molecule has 0 bridgehead atoms. The van der Waals surface area contributed by atoms with Gasteiger partial charge in [0.2, 0.25) is 0 Å². The molecular formula is C11H13ClN2O3. The minimum Gasteiger partial charge on any atom is -0.482 e. The lowest BCUT2D eigenvalue weighted by Gasteiger charge is -2.05. The SMILES string of the molecule is Cl.O=C(O)COc1ccc(C2=NCCN2)cc1. The zero-order valence-electron chi connectivity index (χ0n) is 9.05. The Morgan fingerprint density at radius 3 is 2.65 bits per heavy atom. The van der Waals surface area contributed by atoms with Crippen LogP contribution in [-0.4, -0.2) is 36.6 Å². The van der Waals surface area contributed by atoms with Crippen LogP contribution in [0, 0.1) is 0 Å². The van der Waals surface area contributed by atoms with E-state index in [9.17, 15) is 4.79 Å². The first-order valence-electron chi connectivity index (χ1n) is 4.99. The predicted molar refractivity (Wildman–Crippen MR) is 66.2 cm³/mol. The van der Waals surface area contributed by atoms with E-state index in [1.807, 2.05) is 12.1 Å². The summed E-state index contributed by atoms with van der Waals surface area (Å²) in [6.45, 7) is 1.34. The first kappa shape index (κ1) is 13.3. The molecule has 0 saturated heterocycles. The third-order valence-electron chi connectivity index (χ3n) is 2.16. The number of aliphatic carboxylic acids is 1. The number of aliphatic imine (C=N–C) groups is 1. The van der Waals surface area contributed by atoms with Gasteiger partial charge < -0.3 is 15.2 Å². The number of hydrogen-bond acceptors (Lipinski definition) is 4. The second kappa shape index (κ2) is 6.10. The molecular weight excluding hydrogens is 244 g/mol. The molecule has 2 rings (SSSR count). The molecule has 1 aliphatic heterocycles. The highest BCUT2D eigenvalue weighted by atomic mass is 35.5. The van der Waals surface area contributed by atoms with Gasteiger partial charge in [-0.15, -0.1) is 12.4 Å². The van der Waals surface area contributed by atoms with Crippen molar-refractivity contribution < 1.29 is 14.6 Å². The summed E-state index contributed by atoms with van der Waals surface area (Å²) in [5.74, 6) is 0.445. The van der Waals surface area contributed by atoms with Crippen LogP contribution in [0.15, 0.2) is 29.3 Å². The Morgan fingerprint density at radius 1 is 1.41 bits per heavy atom. The third-order valence-corrected chi connectivity index (χ3v) is 2.16. The summed E-state index contributed by atoms with van der Waals surface area (Å²) in [5, 5.41) is 11.6. The molecule has 17 heavy (non-hydrogen) atoms. The highest BCUT2D eigenvalue weighted by molar-refractivity contribution is 5.99. The highest BCUT2D eigenvalue weighted by Gasteiger charge is 2.07. The molecule has 0 radical (unpaired) electrons. The molecule has 2 N–H and O–H groups in total. The second-order valence-electron chi connectivity index (χ2n) is 3.36. The third kappa shape index (κ3) is 3.64. The maximum Gasteiger partial charge on any atom is 0.341 e. The maximum atomic E-state index is 10.3. The van der Waals surface area contributed by atoms with Crippen molar-refractivity contribution in [2.45, 2.75) is 0 Å². The van der Waals surface area contributed by atoms with Crippen LogP contribution in [0.5, 0.6) is 5.75 Å². The van der Waals surface area contributed by atoms with Gasteiger partial charge in [-0.1, -0.05) is 0 Å². The Bertz CT molecular complexity index is 417. The maximum absolute atomic E-state index is 10.3. The predicted octanol–water partition coefficient (Wildman–Crippen LogP) is 0.922. The fraction of sp³-hybridized carbons (Fsp3) is 0.273. The van der Waals surface area contributed by atoms with Crippen molar-refractivity contribution in [2.24, 2.45) is 4.99 Å². The number of amidine groups is 1. The number of carbonyl (C=O) groups is 1. The molecule has 1 aliphatic rings. The molecule has 0 atom stereocenters. The molecule has 0 unspecified atom stereocenters. The van der Waals surface area contributed by atoms with Gasteiger partial charge in [0.15, 0.2) is 6.61 Å². The Morgan fingerprint density at radius 2 is 2.12 bits per heavy atom. The Hall–Kier alpha value is -1.75. The van der Waals surface area contributed by atoms with Crippen LogP contribution in [0.25, 0.3) is 0 Å². The zero-order valence-corrected chi connectivity index (χ0v) is 9.87. The van der Waals surface area contributed by atoms with Crippen molar-refractivity contribution in [3.05, 3.63) is 29.8 Å². The van der Waals surface area contributed by atoms with Gasteiger partial charge in [0.05, 0.1) is 6.54 Å². The number of carboxylic acid groups (broad SMARTS) is 1. The van der Waals surface area contributed by atoms with Crippen LogP contribution < -0.4 is 10.1 Å². The van der Waals surface area contributed by atoms with Gasteiger partial charge in [0.25, 0.3) is 0 Å². The summed E-state index contributed by atoms with van der Waals surface area (Å²) in [6.07, 6.45) is 0. The lowest BCUT2D eigenvalue weighted by molar-refractivity contribution is -0.139. The van der Waals surface area contributed by atoms with Crippen molar-refractivity contribution in [1.82, 2.24) is 5.32 Å². The van der Waals surface area contributed by atoms with Gasteiger partial charge in [0, 0.05) is 12.1 Å². The first-order chi connectivity index (χ1) is 7.75. The number of ether oxygens (including phenoxy) is 1. The Labute approximate surface area is 105 Å². The lowest BCUT2D eigenvalue weighted by Crippen LogP contribution is -2.19. The average molecular weight is 257 g/mol. The van der Waals surface area contributed by atoms with Gasteiger partial charge in [-0.2, -0.15) is 0 Å².